The molecule has 1 N–H and O–H groups in total. The fourth-order valence-corrected chi connectivity index (χ4v) is 1.47. The summed E-state index contributed by atoms with van der Waals surface area (Å²) in [7, 11) is 1.29. The molecule has 0 saturated heterocycles. The van der Waals surface area contributed by atoms with Gasteiger partial charge in [-0.25, -0.2) is 4.39 Å². The molecule has 0 amide bonds. The monoisotopic (exact) mass is 298 g/mol. The Labute approximate surface area is 127 Å². The molecular weight excluding hydrogens is 271 g/mol. The highest BCUT2D eigenvalue weighted by molar-refractivity contribution is 5.72. The van der Waals surface area contributed by atoms with E-state index in [4.69, 9.17) is 0 Å². The van der Waals surface area contributed by atoms with Crippen LogP contribution in [0.25, 0.3) is 0 Å². The quantitative estimate of drug-likeness (QED) is 0.842. The number of esters is 1. The van der Waals surface area contributed by atoms with Crippen LogP contribution in [0.2, 0.25) is 0 Å². The normalized spacial score (nSPS) is 13.0. The number of phenolic OH excluding ortho intramolecular Hbond substituents is 1. The van der Waals surface area contributed by atoms with Gasteiger partial charge < -0.3 is 9.84 Å². The van der Waals surface area contributed by atoms with Gasteiger partial charge in [0.15, 0.2) is 11.6 Å². The van der Waals surface area contributed by atoms with Crippen LogP contribution in [0.1, 0.15) is 51.2 Å². The lowest BCUT2D eigenvalue weighted by Crippen LogP contribution is -2.15. The molecule has 4 heteroatoms. The molecule has 1 aromatic carbocycles. The number of carbonyl (C=O) groups is 1. The number of methoxy groups -OCH3 is 1. The number of benzene rings is 1. The van der Waals surface area contributed by atoms with Crippen molar-refractivity contribution in [3.05, 3.63) is 29.1 Å². The molecule has 1 aromatic rings. The van der Waals surface area contributed by atoms with Crippen molar-refractivity contribution < 1.29 is 19.0 Å². The lowest BCUT2D eigenvalue weighted by atomic mass is 9.99. The van der Waals surface area contributed by atoms with Gasteiger partial charge in [0.1, 0.15) is 0 Å². The van der Waals surface area contributed by atoms with Crippen molar-refractivity contribution in [2.75, 3.05) is 7.11 Å². The van der Waals surface area contributed by atoms with E-state index in [1.165, 1.54) is 26.4 Å². The Balaban J connectivity index is 0.000000684. The first kappa shape index (κ1) is 19.4. The molecule has 1 aliphatic rings. The Morgan fingerprint density at radius 2 is 1.86 bits per heavy atom. The molecule has 0 bridgehead atoms. The third kappa shape index (κ3) is 7.11. The van der Waals surface area contributed by atoms with E-state index in [1.807, 2.05) is 13.8 Å². The summed E-state index contributed by atoms with van der Waals surface area (Å²) in [5, 5.41) is 9.40. The Morgan fingerprint density at radius 1 is 1.33 bits per heavy atom. The molecule has 0 spiro atoms. The standard InChI is InChI=1S/C12H15FO3.C3H6.C2H6/c1-7-4-5-9(10(13)11(7)14)6-8(2)12(15)16-3;1-2-3-1;1-2/h4-5,8,14H,6H2,1-3H3;1-3H2;1-2H3. The van der Waals surface area contributed by atoms with Crippen LogP contribution in [0.15, 0.2) is 12.1 Å². The largest absolute Gasteiger partial charge is 0.505 e. The van der Waals surface area contributed by atoms with Gasteiger partial charge in [0.25, 0.3) is 0 Å². The number of aromatic hydroxyl groups is 1. The van der Waals surface area contributed by atoms with Gasteiger partial charge in [-0.3, -0.25) is 4.79 Å². The van der Waals surface area contributed by atoms with Crippen molar-refractivity contribution in [1.29, 1.82) is 0 Å². The van der Waals surface area contributed by atoms with Crippen molar-refractivity contribution in [1.82, 2.24) is 0 Å². The zero-order valence-corrected chi connectivity index (χ0v) is 13.7. The van der Waals surface area contributed by atoms with E-state index in [-0.39, 0.29) is 18.1 Å². The third-order valence-corrected chi connectivity index (χ3v) is 2.88. The molecule has 21 heavy (non-hydrogen) atoms. The van der Waals surface area contributed by atoms with E-state index in [0.29, 0.717) is 11.1 Å². The lowest BCUT2D eigenvalue weighted by Gasteiger charge is -2.11. The summed E-state index contributed by atoms with van der Waals surface area (Å²) in [5.41, 5.74) is 0.799. The molecule has 1 aliphatic carbocycles. The number of ether oxygens (including phenoxy) is 1. The minimum Gasteiger partial charge on any atom is -0.505 e. The number of halogens is 1. The van der Waals surface area contributed by atoms with Crippen LogP contribution in [0.5, 0.6) is 5.75 Å². The van der Waals surface area contributed by atoms with E-state index >= 15 is 0 Å². The molecule has 1 saturated carbocycles. The number of aryl methyl sites for hydroxylation is 1. The molecule has 0 aromatic heterocycles. The van der Waals surface area contributed by atoms with E-state index in [2.05, 4.69) is 4.74 Å². The van der Waals surface area contributed by atoms with Crippen LogP contribution in [-0.4, -0.2) is 18.2 Å². The summed E-state index contributed by atoms with van der Waals surface area (Å²) >= 11 is 0. The first-order valence-electron chi connectivity index (χ1n) is 7.52. The number of phenols is 1. The maximum Gasteiger partial charge on any atom is 0.308 e. The summed E-state index contributed by atoms with van der Waals surface area (Å²) in [4.78, 5) is 11.2. The average Bonchev–Trinajstić information content (AvgIpc) is 3.37. The highest BCUT2D eigenvalue weighted by Crippen LogP contribution is 2.25. The predicted molar refractivity (Wildman–Crippen MR) is 82.9 cm³/mol. The highest BCUT2D eigenvalue weighted by Gasteiger charge is 2.18. The summed E-state index contributed by atoms with van der Waals surface area (Å²) in [5.74, 6) is -1.83. The molecule has 1 unspecified atom stereocenters. The fraction of sp³-hybridized carbons (Fsp3) is 0.588. The molecule has 0 aliphatic heterocycles. The summed E-state index contributed by atoms with van der Waals surface area (Å²) in [6, 6.07) is 3.20. The Hall–Kier alpha value is -1.58. The molecule has 1 atom stereocenters. The van der Waals surface area contributed by atoms with Gasteiger partial charge in [0, 0.05) is 0 Å². The predicted octanol–water partition coefficient (Wildman–Crippen LogP) is 4.39. The van der Waals surface area contributed by atoms with Gasteiger partial charge in [-0.15, -0.1) is 0 Å². The van der Waals surface area contributed by atoms with Crippen LogP contribution in [0, 0.1) is 18.7 Å². The Bertz CT molecular complexity index is 439. The van der Waals surface area contributed by atoms with E-state index in [9.17, 15) is 14.3 Å². The second-order valence-corrected chi connectivity index (χ2v) is 4.89. The minimum atomic E-state index is -0.657. The molecule has 0 heterocycles. The third-order valence-electron chi connectivity index (χ3n) is 2.88. The van der Waals surface area contributed by atoms with Gasteiger partial charge in [-0.1, -0.05) is 52.2 Å². The van der Waals surface area contributed by atoms with E-state index in [0.717, 1.165) is 0 Å². The van der Waals surface area contributed by atoms with Crippen molar-refractivity contribution in [3.63, 3.8) is 0 Å². The maximum absolute atomic E-state index is 13.6. The number of hydrogen-bond donors (Lipinski definition) is 1. The van der Waals surface area contributed by atoms with E-state index in [1.54, 1.807) is 26.0 Å². The van der Waals surface area contributed by atoms with Crippen molar-refractivity contribution in [2.45, 2.75) is 53.4 Å². The summed E-state index contributed by atoms with van der Waals surface area (Å²) < 4.78 is 18.1. The first-order valence-corrected chi connectivity index (χ1v) is 7.52. The second kappa shape index (κ2) is 10.2. The summed E-state index contributed by atoms with van der Waals surface area (Å²) in [6.07, 6.45) is 4.71. The molecule has 1 fully saturated rings. The van der Waals surface area contributed by atoms with E-state index < -0.39 is 11.7 Å². The van der Waals surface area contributed by atoms with Crippen LogP contribution in [0.3, 0.4) is 0 Å². The maximum atomic E-state index is 13.6. The number of rotatable bonds is 3. The molecule has 0 radical (unpaired) electrons. The smallest absolute Gasteiger partial charge is 0.308 e. The van der Waals surface area contributed by atoms with Crippen LogP contribution in [0.4, 0.5) is 4.39 Å². The highest BCUT2D eigenvalue weighted by atomic mass is 19.1. The van der Waals surface area contributed by atoms with Crippen molar-refractivity contribution in [2.24, 2.45) is 5.92 Å². The number of hydrogen-bond acceptors (Lipinski definition) is 3. The van der Waals surface area contributed by atoms with Gasteiger partial charge in [0.2, 0.25) is 0 Å². The van der Waals surface area contributed by atoms with Crippen molar-refractivity contribution in [3.8, 4) is 5.75 Å². The first-order chi connectivity index (χ1) is 9.97. The van der Waals surface area contributed by atoms with Gasteiger partial charge in [-0.05, 0) is 24.5 Å². The van der Waals surface area contributed by atoms with Crippen molar-refractivity contribution >= 4 is 5.97 Å². The Morgan fingerprint density at radius 3 is 2.29 bits per heavy atom. The molecule has 120 valence electrons. The zero-order valence-electron chi connectivity index (χ0n) is 13.7. The van der Waals surface area contributed by atoms with Gasteiger partial charge >= 0.3 is 5.97 Å². The summed E-state index contributed by atoms with van der Waals surface area (Å²) in [6.45, 7) is 7.27. The lowest BCUT2D eigenvalue weighted by molar-refractivity contribution is -0.144. The topological polar surface area (TPSA) is 46.5 Å². The van der Waals surface area contributed by atoms with Gasteiger partial charge in [0.05, 0.1) is 13.0 Å². The zero-order chi connectivity index (χ0) is 16.4. The molecule has 3 nitrogen and oxygen atoms in total. The van der Waals surface area contributed by atoms with Crippen LogP contribution >= 0.6 is 0 Å². The Kier molecular flexibility index (Phi) is 9.42. The fourth-order valence-electron chi connectivity index (χ4n) is 1.47. The molecule has 2 rings (SSSR count). The average molecular weight is 298 g/mol. The number of carbonyl (C=O) groups excluding carboxylic acids is 1. The SMILES string of the molecule is C1CC1.CC.COC(=O)C(C)Cc1ccc(C)c(O)c1F. The van der Waals surface area contributed by atoms with Gasteiger partial charge in [-0.2, -0.15) is 0 Å². The van der Waals surface area contributed by atoms with Crippen LogP contribution in [-0.2, 0) is 16.0 Å². The molecular formula is C17H27FO3. The van der Waals surface area contributed by atoms with Crippen LogP contribution < -0.4 is 0 Å². The minimum absolute atomic E-state index is 0.215. The second-order valence-electron chi connectivity index (χ2n) is 4.89.